The topological polar surface area (TPSA) is 0 Å². The molecule has 0 bridgehead atoms. The molecule has 0 amide bonds. The first-order valence-corrected chi connectivity index (χ1v) is 5.47. The number of halogens is 1. The van der Waals surface area contributed by atoms with Crippen LogP contribution in [0, 0.1) is 5.92 Å². The van der Waals surface area contributed by atoms with Crippen LogP contribution in [0.1, 0.15) is 58.3 Å². The highest BCUT2D eigenvalue weighted by atomic mass is 19.1. The highest BCUT2D eigenvalue weighted by molar-refractivity contribution is 4.72. The molecule has 1 saturated carbocycles. The van der Waals surface area contributed by atoms with Gasteiger partial charge in [0.05, 0.1) is 0 Å². The molecule has 1 aliphatic carbocycles. The van der Waals surface area contributed by atoms with Crippen LogP contribution in [0.5, 0.6) is 0 Å². The lowest BCUT2D eigenvalue weighted by Crippen LogP contribution is -2.15. The minimum Gasteiger partial charge on any atom is -0.247 e. The van der Waals surface area contributed by atoms with Crippen molar-refractivity contribution in [2.24, 2.45) is 5.92 Å². The maximum Gasteiger partial charge on any atom is 0.100 e. The van der Waals surface area contributed by atoms with E-state index in [0.717, 1.165) is 19.3 Å². The van der Waals surface area contributed by atoms with Gasteiger partial charge in [-0.15, -0.1) is 0 Å². The van der Waals surface area contributed by atoms with Gasteiger partial charge in [-0.25, -0.2) is 4.39 Å². The lowest BCUT2D eigenvalue weighted by molar-refractivity contribution is 0.189. The Labute approximate surface area is 75.5 Å². The van der Waals surface area contributed by atoms with E-state index in [9.17, 15) is 4.39 Å². The fourth-order valence-corrected chi connectivity index (χ4v) is 2.17. The molecule has 2 unspecified atom stereocenters. The second-order valence-corrected chi connectivity index (χ2v) is 4.13. The zero-order valence-corrected chi connectivity index (χ0v) is 8.19. The lowest BCUT2D eigenvalue weighted by atomic mass is 9.84. The van der Waals surface area contributed by atoms with Gasteiger partial charge in [-0.2, -0.15) is 0 Å². The first-order valence-electron chi connectivity index (χ1n) is 5.47. The third kappa shape index (κ3) is 3.55. The largest absolute Gasteiger partial charge is 0.247 e. The van der Waals surface area contributed by atoms with E-state index in [4.69, 9.17) is 0 Å². The predicted octanol–water partition coefficient (Wildman–Crippen LogP) is 4.10. The van der Waals surface area contributed by atoms with Crippen molar-refractivity contribution >= 4 is 0 Å². The summed E-state index contributed by atoms with van der Waals surface area (Å²) in [6.45, 7) is 2.22. The Bertz CT molecular complexity index is 112. The molecule has 1 fully saturated rings. The van der Waals surface area contributed by atoms with Crippen molar-refractivity contribution in [3.05, 3.63) is 0 Å². The average Bonchev–Trinajstić information content (AvgIpc) is 2.05. The van der Waals surface area contributed by atoms with E-state index < -0.39 is 6.17 Å². The highest BCUT2D eigenvalue weighted by Crippen LogP contribution is 2.29. The Kier molecular flexibility index (Phi) is 4.63. The summed E-state index contributed by atoms with van der Waals surface area (Å²) in [5, 5.41) is 0. The van der Waals surface area contributed by atoms with Crippen molar-refractivity contribution < 1.29 is 4.39 Å². The Morgan fingerprint density at radius 1 is 1.25 bits per heavy atom. The molecule has 2 atom stereocenters. The highest BCUT2D eigenvalue weighted by Gasteiger charge is 2.20. The molecule has 1 rings (SSSR count). The normalized spacial score (nSPS) is 30.5. The van der Waals surface area contributed by atoms with Crippen LogP contribution in [-0.4, -0.2) is 6.17 Å². The Morgan fingerprint density at radius 3 is 2.75 bits per heavy atom. The van der Waals surface area contributed by atoms with Gasteiger partial charge in [0.2, 0.25) is 0 Å². The van der Waals surface area contributed by atoms with E-state index in [1.807, 2.05) is 0 Å². The summed E-state index contributed by atoms with van der Waals surface area (Å²) in [5.41, 5.74) is 0. The van der Waals surface area contributed by atoms with Gasteiger partial charge in [0.1, 0.15) is 6.17 Å². The van der Waals surface area contributed by atoms with Crippen molar-refractivity contribution in [3.63, 3.8) is 0 Å². The molecule has 0 heterocycles. The summed E-state index contributed by atoms with van der Waals surface area (Å²) in [4.78, 5) is 0. The average molecular weight is 172 g/mol. The van der Waals surface area contributed by atoms with Gasteiger partial charge < -0.3 is 0 Å². The van der Waals surface area contributed by atoms with E-state index in [2.05, 4.69) is 6.92 Å². The fourth-order valence-electron chi connectivity index (χ4n) is 2.17. The van der Waals surface area contributed by atoms with Gasteiger partial charge in [0, 0.05) is 0 Å². The molecule has 0 nitrogen and oxygen atoms in total. The van der Waals surface area contributed by atoms with E-state index in [1.165, 1.54) is 32.1 Å². The molecule has 0 N–H and O–H groups in total. The molecule has 0 aliphatic heterocycles. The first-order chi connectivity index (χ1) is 5.83. The molecule has 0 aromatic carbocycles. The van der Waals surface area contributed by atoms with E-state index in [1.54, 1.807) is 0 Å². The second-order valence-electron chi connectivity index (χ2n) is 4.13. The third-order valence-corrected chi connectivity index (χ3v) is 2.93. The zero-order valence-electron chi connectivity index (χ0n) is 8.19. The monoisotopic (exact) mass is 172 g/mol. The molecule has 72 valence electrons. The van der Waals surface area contributed by atoms with E-state index in [0.29, 0.717) is 5.92 Å². The smallest absolute Gasteiger partial charge is 0.100 e. The number of hydrogen-bond acceptors (Lipinski definition) is 0. The Hall–Kier alpha value is -0.0700. The molecule has 0 spiro atoms. The number of alkyl halides is 1. The van der Waals surface area contributed by atoms with Crippen molar-refractivity contribution in [3.8, 4) is 0 Å². The fraction of sp³-hybridized carbons (Fsp3) is 1.00. The number of rotatable bonds is 4. The molecule has 0 radical (unpaired) electrons. The number of unbranched alkanes of at least 4 members (excludes halogenated alkanes) is 2. The van der Waals surface area contributed by atoms with Crippen molar-refractivity contribution in [1.29, 1.82) is 0 Å². The molecular weight excluding hydrogens is 151 g/mol. The van der Waals surface area contributed by atoms with Crippen LogP contribution in [-0.2, 0) is 0 Å². The SMILES string of the molecule is CCCCCC1CCCC(F)C1. The van der Waals surface area contributed by atoms with Crippen LogP contribution in [0.4, 0.5) is 4.39 Å². The quantitative estimate of drug-likeness (QED) is 0.560. The Morgan fingerprint density at radius 2 is 2.08 bits per heavy atom. The molecule has 0 aromatic rings. The summed E-state index contributed by atoms with van der Waals surface area (Å²) in [6.07, 6.45) is 8.79. The number of hydrogen-bond donors (Lipinski definition) is 0. The predicted molar refractivity (Wildman–Crippen MR) is 51.0 cm³/mol. The van der Waals surface area contributed by atoms with Crippen LogP contribution in [0.15, 0.2) is 0 Å². The summed E-state index contributed by atoms with van der Waals surface area (Å²) < 4.78 is 12.9. The second kappa shape index (κ2) is 5.55. The maximum absolute atomic E-state index is 12.9. The van der Waals surface area contributed by atoms with Crippen LogP contribution in [0.3, 0.4) is 0 Å². The van der Waals surface area contributed by atoms with E-state index >= 15 is 0 Å². The summed E-state index contributed by atoms with van der Waals surface area (Å²) in [5.74, 6) is 0.709. The molecule has 1 heteroatoms. The molecule has 0 aromatic heterocycles. The van der Waals surface area contributed by atoms with Crippen LogP contribution < -0.4 is 0 Å². The Balaban J connectivity index is 2.06. The van der Waals surface area contributed by atoms with Gasteiger partial charge in [0.15, 0.2) is 0 Å². The summed E-state index contributed by atoms with van der Waals surface area (Å²) in [7, 11) is 0. The van der Waals surface area contributed by atoms with Gasteiger partial charge in [-0.3, -0.25) is 0 Å². The van der Waals surface area contributed by atoms with Crippen molar-refractivity contribution in [1.82, 2.24) is 0 Å². The molecular formula is C11H21F. The maximum atomic E-state index is 12.9. The third-order valence-electron chi connectivity index (χ3n) is 2.93. The minimum atomic E-state index is -0.481. The van der Waals surface area contributed by atoms with Gasteiger partial charge in [0.25, 0.3) is 0 Å². The molecule has 1 aliphatic rings. The molecule has 0 saturated heterocycles. The standard InChI is InChI=1S/C11H21F/c1-2-3-4-6-10-7-5-8-11(12)9-10/h10-11H,2-9H2,1H3. The van der Waals surface area contributed by atoms with Gasteiger partial charge >= 0.3 is 0 Å². The van der Waals surface area contributed by atoms with Crippen molar-refractivity contribution in [2.75, 3.05) is 0 Å². The zero-order chi connectivity index (χ0) is 8.81. The summed E-state index contributed by atoms with van der Waals surface area (Å²) >= 11 is 0. The molecule has 12 heavy (non-hydrogen) atoms. The minimum absolute atomic E-state index is 0.481. The first kappa shape index (κ1) is 10.0. The summed E-state index contributed by atoms with van der Waals surface area (Å²) in [6, 6.07) is 0. The van der Waals surface area contributed by atoms with Crippen LogP contribution in [0.2, 0.25) is 0 Å². The van der Waals surface area contributed by atoms with Crippen LogP contribution in [0.25, 0.3) is 0 Å². The van der Waals surface area contributed by atoms with Crippen LogP contribution >= 0.6 is 0 Å². The van der Waals surface area contributed by atoms with E-state index in [-0.39, 0.29) is 0 Å². The van der Waals surface area contributed by atoms with Gasteiger partial charge in [-0.05, 0) is 18.8 Å². The lowest BCUT2D eigenvalue weighted by Gasteiger charge is -2.24. The van der Waals surface area contributed by atoms with Gasteiger partial charge in [-0.1, -0.05) is 45.4 Å². The van der Waals surface area contributed by atoms with Crippen molar-refractivity contribution in [2.45, 2.75) is 64.5 Å².